The van der Waals surface area contributed by atoms with Gasteiger partial charge in [0.15, 0.2) is 17.1 Å². The summed E-state index contributed by atoms with van der Waals surface area (Å²) in [4.78, 5) is 31.6. The molecule has 1 aliphatic heterocycles. The molecule has 0 aliphatic carbocycles. The Hall–Kier alpha value is -2.48. The molecule has 0 unspecified atom stereocenters. The number of halogens is 2. The zero-order chi connectivity index (χ0) is 14.2. The lowest BCUT2D eigenvalue weighted by Gasteiger charge is -2.19. The monoisotopic (exact) mass is 285 g/mol. The summed E-state index contributed by atoms with van der Waals surface area (Å²) in [6.45, 7) is 0. The predicted octanol–water partition coefficient (Wildman–Crippen LogP) is 1.83. The van der Waals surface area contributed by atoms with E-state index in [1.165, 1.54) is 0 Å². The highest BCUT2D eigenvalue weighted by Crippen LogP contribution is 2.42. The van der Waals surface area contributed by atoms with Crippen molar-refractivity contribution in [1.29, 1.82) is 0 Å². The van der Waals surface area contributed by atoms with E-state index in [1.54, 1.807) is 0 Å². The molecule has 0 bridgehead atoms. The number of Topliss-reactive ketones (excluding diaryl/α,β-unsaturated/α-hetero) is 1. The number of ketones is 1. The Labute approximate surface area is 110 Å². The fraction of sp³-hybridized carbons (Fsp3) is 0. The first-order valence-electron chi connectivity index (χ1n) is 4.85. The van der Waals surface area contributed by atoms with Gasteiger partial charge < -0.3 is 10.6 Å². The van der Waals surface area contributed by atoms with Crippen LogP contribution >= 0.6 is 11.6 Å². The number of aldehydes is 1. The summed E-state index contributed by atoms with van der Waals surface area (Å²) >= 11 is 5.53. The second-order valence-electron chi connectivity index (χ2n) is 3.51. The van der Waals surface area contributed by atoms with E-state index in [4.69, 9.17) is 11.6 Å². The first-order valence-corrected chi connectivity index (χ1v) is 5.23. The number of hydrogen-bond acceptors (Lipinski definition) is 6. The molecule has 0 saturated heterocycles. The first-order chi connectivity index (χ1) is 8.95. The third-order valence-corrected chi connectivity index (χ3v) is 2.74. The van der Waals surface area contributed by atoms with E-state index in [0.717, 1.165) is 12.3 Å². The van der Waals surface area contributed by atoms with Crippen LogP contribution in [-0.4, -0.2) is 17.0 Å². The number of allylic oxidation sites excluding steroid dienone is 1. The summed E-state index contributed by atoms with van der Waals surface area (Å²) < 4.78 is 13.4. The molecule has 0 aromatic heterocycles. The summed E-state index contributed by atoms with van der Waals surface area (Å²) in [6.07, 6.45) is 1.15. The van der Waals surface area contributed by atoms with Crippen molar-refractivity contribution in [1.82, 2.24) is 0 Å². The number of nitrogens with zero attached hydrogens (tertiary/aromatic N) is 1. The molecule has 0 saturated carbocycles. The van der Waals surface area contributed by atoms with Gasteiger partial charge in [-0.25, -0.2) is 4.39 Å². The van der Waals surface area contributed by atoms with Crippen LogP contribution in [0.4, 0.5) is 21.5 Å². The second-order valence-corrected chi connectivity index (χ2v) is 3.89. The van der Waals surface area contributed by atoms with E-state index >= 15 is 0 Å². The maximum atomic E-state index is 13.4. The summed E-state index contributed by atoms with van der Waals surface area (Å²) in [5.74, 6) is -1.88. The average Bonchev–Trinajstić information content (AvgIpc) is 2.38. The number of nitro benzene ring substituents is 1. The van der Waals surface area contributed by atoms with Gasteiger partial charge in [-0.05, 0) is 0 Å². The number of benzene rings is 1. The summed E-state index contributed by atoms with van der Waals surface area (Å²) in [5, 5.41) is 15.1. The van der Waals surface area contributed by atoms with Gasteiger partial charge in [0.2, 0.25) is 5.78 Å². The van der Waals surface area contributed by atoms with Crippen molar-refractivity contribution in [3.8, 4) is 0 Å². The van der Waals surface area contributed by atoms with Crippen LogP contribution in [0.5, 0.6) is 0 Å². The molecule has 2 rings (SSSR count). The highest BCUT2D eigenvalue weighted by atomic mass is 35.5. The topological polar surface area (TPSA) is 101 Å². The van der Waals surface area contributed by atoms with Gasteiger partial charge in [-0.15, -0.1) is 0 Å². The summed E-state index contributed by atoms with van der Waals surface area (Å²) in [5.41, 5.74) is -1.05. The number of nitrogens with one attached hydrogen (secondary N) is 2. The van der Waals surface area contributed by atoms with Crippen LogP contribution in [0, 0.1) is 15.9 Å². The number of anilines is 2. The Morgan fingerprint density at radius 2 is 2.21 bits per heavy atom. The van der Waals surface area contributed by atoms with Crippen molar-refractivity contribution in [3.05, 3.63) is 38.9 Å². The normalized spacial score (nSPS) is 12.6. The zero-order valence-electron chi connectivity index (χ0n) is 9.07. The van der Waals surface area contributed by atoms with Gasteiger partial charge in [0, 0.05) is 12.3 Å². The molecule has 1 aromatic rings. The minimum atomic E-state index is -0.972. The van der Waals surface area contributed by atoms with Crippen LogP contribution in [0.25, 0.3) is 0 Å². The minimum Gasteiger partial charge on any atom is -0.358 e. The first kappa shape index (κ1) is 13.0. The van der Waals surface area contributed by atoms with E-state index in [9.17, 15) is 24.1 Å². The van der Waals surface area contributed by atoms with E-state index in [2.05, 4.69) is 10.6 Å². The molecule has 0 atom stereocenters. The van der Waals surface area contributed by atoms with Gasteiger partial charge in [-0.2, -0.15) is 0 Å². The summed E-state index contributed by atoms with van der Waals surface area (Å²) in [6, 6.07) is 0.941. The average molecular weight is 286 g/mol. The fourth-order valence-corrected chi connectivity index (χ4v) is 1.76. The fourth-order valence-electron chi connectivity index (χ4n) is 1.54. The lowest BCUT2D eigenvalue weighted by Crippen LogP contribution is -2.19. The lowest BCUT2D eigenvalue weighted by molar-refractivity contribution is -0.383. The standard InChI is InChI=1S/C10H5ClFN3O4/c11-8-4(12)1-5-9(10(8)15(18)19)14-6(2-13-5)7(17)3-16/h1-3,13-14H. The molecule has 1 heterocycles. The van der Waals surface area contributed by atoms with E-state index in [0.29, 0.717) is 0 Å². The van der Waals surface area contributed by atoms with Crippen molar-refractivity contribution in [2.75, 3.05) is 10.6 Å². The van der Waals surface area contributed by atoms with E-state index < -0.39 is 27.2 Å². The quantitative estimate of drug-likeness (QED) is 0.380. The number of fused-ring (bicyclic) bond motifs is 1. The maximum Gasteiger partial charge on any atom is 0.316 e. The van der Waals surface area contributed by atoms with Crippen molar-refractivity contribution in [3.63, 3.8) is 0 Å². The Morgan fingerprint density at radius 3 is 2.79 bits per heavy atom. The Balaban J connectivity index is 2.58. The highest BCUT2D eigenvalue weighted by Gasteiger charge is 2.29. The molecular weight excluding hydrogens is 281 g/mol. The van der Waals surface area contributed by atoms with Gasteiger partial charge in [0.05, 0.1) is 10.6 Å². The van der Waals surface area contributed by atoms with Crippen molar-refractivity contribution in [2.45, 2.75) is 0 Å². The van der Waals surface area contributed by atoms with Crippen molar-refractivity contribution >= 4 is 40.7 Å². The molecule has 0 fully saturated rings. The van der Waals surface area contributed by atoms with Crippen molar-refractivity contribution < 1.29 is 18.9 Å². The van der Waals surface area contributed by atoms with Gasteiger partial charge in [-0.1, -0.05) is 11.6 Å². The zero-order valence-corrected chi connectivity index (χ0v) is 9.82. The van der Waals surface area contributed by atoms with Crippen molar-refractivity contribution in [2.24, 2.45) is 0 Å². The van der Waals surface area contributed by atoms with Crippen LogP contribution in [0.2, 0.25) is 5.02 Å². The smallest absolute Gasteiger partial charge is 0.316 e. The number of rotatable bonds is 3. The highest BCUT2D eigenvalue weighted by molar-refractivity contribution is 6.35. The molecule has 98 valence electrons. The molecule has 2 N–H and O–H groups in total. The van der Waals surface area contributed by atoms with Gasteiger partial charge in [-0.3, -0.25) is 19.7 Å². The predicted molar refractivity (Wildman–Crippen MR) is 64.5 cm³/mol. The maximum absolute atomic E-state index is 13.4. The number of nitro groups is 1. The Kier molecular flexibility index (Phi) is 3.17. The lowest BCUT2D eigenvalue weighted by atomic mass is 10.1. The number of carbonyl (C=O) groups is 2. The number of carbonyl (C=O) groups excluding carboxylic acids is 2. The molecule has 0 amide bonds. The SMILES string of the molecule is O=CC(=O)C1=CNc2cc(F)c(Cl)c([N+](=O)[O-])c2N1. The Morgan fingerprint density at radius 1 is 1.53 bits per heavy atom. The van der Waals surface area contributed by atoms with Crippen LogP contribution in [0.15, 0.2) is 18.0 Å². The van der Waals surface area contributed by atoms with Gasteiger partial charge in [0.25, 0.3) is 0 Å². The largest absolute Gasteiger partial charge is 0.358 e. The minimum absolute atomic E-state index is 0.0380. The molecule has 7 nitrogen and oxygen atoms in total. The third kappa shape index (κ3) is 2.13. The second kappa shape index (κ2) is 4.65. The van der Waals surface area contributed by atoms with Crippen LogP contribution in [-0.2, 0) is 9.59 Å². The Bertz CT molecular complexity index is 644. The van der Waals surface area contributed by atoms with Gasteiger partial charge in [0.1, 0.15) is 11.4 Å². The van der Waals surface area contributed by atoms with Crippen LogP contribution in [0.3, 0.4) is 0 Å². The molecule has 0 radical (unpaired) electrons. The molecule has 9 heteroatoms. The van der Waals surface area contributed by atoms with E-state index in [-0.39, 0.29) is 23.4 Å². The molecule has 19 heavy (non-hydrogen) atoms. The van der Waals surface area contributed by atoms with Crippen LogP contribution < -0.4 is 10.6 Å². The molecule has 1 aliphatic rings. The van der Waals surface area contributed by atoms with E-state index in [1.807, 2.05) is 0 Å². The third-order valence-electron chi connectivity index (χ3n) is 2.38. The summed E-state index contributed by atoms with van der Waals surface area (Å²) in [7, 11) is 0. The van der Waals surface area contributed by atoms with Gasteiger partial charge >= 0.3 is 5.69 Å². The molecule has 0 spiro atoms. The molecular formula is C10H5ClFN3O4. The molecule has 1 aromatic carbocycles. The number of hydrogen-bond donors (Lipinski definition) is 2. The van der Waals surface area contributed by atoms with Crippen LogP contribution in [0.1, 0.15) is 0 Å².